The molecular formula is C36H49ClN6O4. The van der Waals surface area contributed by atoms with Crippen LogP contribution < -0.4 is 16.0 Å². The number of hydrogen-bond acceptors (Lipinski definition) is 5. The molecule has 11 heteroatoms. The molecule has 1 aliphatic heterocycles. The number of carbonyl (C=O) groups is 3. The summed E-state index contributed by atoms with van der Waals surface area (Å²) in [5, 5.41) is 9.94. The van der Waals surface area contributed by atoms with Crippen molar-refractivity contribution >= 4 is 40.5 Å². The number of urea groups is 1. The van der Waals surface area contributed by atoms with Gasteiger partial charge in [0.2, 0.25) is 11.8 Å². The van der Waals surface area contributed by atoms with E-state index in [1.807, 2.05) is 63.2 Å². The van der Waals surface area contributed by atoms with E-state index in [0.29, 0.717) is 43.5 Å². The standard InChI is InChI=1S/C36H49ClN6O4/c1-6-38-33(44)30(23-12-11-13-23)41-34(45)36(18-19-47-21-36)24-16-17-27-28(20-24)40-32(39-27)31(42-35(46)43(7-2)8-3)29(22(4)5)25-14-9-10-15-26(25)37/h9-10,14-17,20,22-23,29-31H,6-8,11-13,18-19,21H2,1-5H3,(H,38,44)(H,39,40)(H,41,45)(H,42,46)/t29-,30+,31-,36?/m0/s1. The van der Waals surface area contributed by atoms with Crippen LogP contribution in [0.5, 0.6) is 0 Å². The number of carbonyl (C=O) groups excluding carboxylic acids is 3. The molecule has 4 atom stereocenters. The summed E-state index contributed by atoms with van der Waals surface area (Å²) in [7, 11) is 0. The van der Waals surface area contributed by atoms with Gasteiger partial charge < -0.3 is 30.6 Å². The smallest absolute Gasteiger partial charge is 0.317 e. The Morgan fingerprint density at radius 3 is 2.43 bits per heavy atom. The summed E-state index contributed by atoms with van der Waals surface area (Å²) >= 11 is 6.74. The maximum absolute atomic E-state index is 14.1. The lowest BCUT2D eigenvalue weighted by molar-refractivity contribution is -0.134. The highest BCUT2D eigenvalue weighted by Crippen LogP contribution is 2.41. The van der Waals surface area contributed by atoms with Crippen molar-refractivity contribution in [2.45, 2.75) is 83.7 Å². The van der Waals surface area contributed by atoms with Crippen molar-refractivity contribution in [2.75, 3.05) is 32.8 Å². The first kappa shape index (κ1) is 34.7. The number of fused-ring (bicyclic) bond motifs is 1. The Labute approximate surface area is 282 Å². The molecule has 1 saturated carbocycles. The van der Waals surface area contributed by atoms with Crippen molar-refractivity contribution in [2.24, 2.45) is 11.8 Å². The lowest BCUT2D eigenvalue weighted by atomic mass is 9.76. The molecule has 4 N–H and O–H groups in total. The average Bonchev–Trinajstić information content (AvgIpc) is 3.69. The highest BCUT2D eigenvalue weighted by molar-refractivity contribution is 6.31. The van der Waals surface area contributed by atoms with E-state index in [4.69, 9.17) is 21.3 Å². The van der Waals surface area contributed by atoms with Crippen LogP contribution in [-0.4, -0.2) is 71.6 Å². The van der Waals surface area contributed by atoms with Gasteiger partial charge in [0, 0.05) is 37.2 Å². The molecule has 254 valence electrons. The number of benzene rings is 2. The Morgan fingerprint density at radius 2 is 1.83 bits per heavy atom. The topological polar surface area (TPSA) is 128 Å². The molecule has 1 saturated heterocycles. The number of amides is 4. The molecule has 2 aliphatic rings. The summed E-state index contributed by atoms with van der Waals surface area (Å²) in [4.78, 5) is 50.8. The van der Waals surface area contributed by atoms with Crippen molar-refractivity contribution in [1.29, 1.82) is 0 Å². The molecule has 1 aliphatic carbocycles. The Kier molecular flexibility index (Phi) is 11.1. The first-order valence-corrected chi connectivity index (χ1v) is 17.5. The number of rotatable bonds is 13. The van der Waals surface area contributed by atoms with E-state index >= 15 is 0 Å². The number of aromatic amines is 1. The molecule has 0 radical (unpaired) electrons. The summed E-state index contributed by atoms with van der Waals surface area (Å²) in [6, 6.07) is 12.3. The van der Waals surface area contributed by atoms with Crippen LogP contribution in [-0.2, 0) is 19.7 Å². The van der Waals surface area contributed by atoms with Gasteiger partial charge in [-0.25, -0.2) is 9.78 Å². The Bertz CT molecular complexity index is 1560. The van der Waals surface area contributed by atoms with Gasteiger partial charge in [-0.3, -0.25) is 9.59 Å². The lowest BCUT2D eigenvalue weighted by Crippen LogP contribution is -2.57. The van der Waals surface area contributed by atoms with Gasteiger partial charge >= 0.3 is 6.03 Å². The molecular weight excluding hydrogens is 616 g/mol. The van der Waals surface area contributed by atoms with E-state index in [1.54, 1.807) is 4.90 Å². The van der Waals surface area contributed by atoms with E-state index in [9.17, 15) is 14.4 Å². The molecule has 0 spiro atoms. The van der Waals surface area contributed by atoms with Gasteiger partial charge in [-0.2, -0.15) is 0 Å². The van der Waals surface area contributed by atoms with Crippen LogP contribution in [0.2, 0.25) is 5.02 Å². The molecule has 4 amide bonds. The number of hydrogen-bond donors (Lipinski definition) is 4. The van der Waals surface area contributed by atoms with Gasteiger partial charge in [0.15, 0.2) is 0 Å². The Balaban J connectivity index is 1.52. The normalized spacial score (nSPS) is 20.0. The van der Waals surface area contributed by atoms with Crippen molar-refractivity contribution in [1.82, 2.24) is 30.8 Å². The minimum absolute atomic E-state index is 0.108. The first-order chi connectivity index (χ1) is 22.6. The van der Waals surface area contributed by atoms with Gasteiger partial charge in [-0.15, -0.1) is 0 Å². The van der Waals surface area contributed by atoms with Crippen LogP contribution in [0.1, 0.15) is 89.2 Å². The average molecular weight is 665 g/mol. The van der Waals surface area contributed by atoms with E-state index < -0.39 is 17.5 Å². The second kappa shape index (κ2) is 15.1. The highest BCUT2D eigenvalue weighted by Gasteiger charge is 2.46. The quantitative estimate of drug-likeness (QED) is 0.183. The second-order valence-electron chi connectivity index (χ2n) is 13.2. The molecule has 5 rings (SSSR count). The SMILES string of the molecule is CCNC(=O)[C@H](NC(=O)C1(c2ccc3nc([C@@H](NC(=O)N(CC)CC)[C@H](c4ccccc4Cl)C(C)C)[nH]c3c2)CCOC1)C1CCC1. The van der Waals surface area contributed by atoms with Crippen LogP contribution in [0, 0.1) is 11.8 Å². The third kappa shape index (κ3) is 7.14. The van der Waals surface area contributed by atoms with Crippen molar-refractivity contribution < 1.29 is 19.1 Å². The van der Waals surface area contributed by atoms with Crippen LogP contribution >= 0.6 is 11.6 Å². The molecule has 2 fully saturated rings. The summed E-state index contributed by atoms with van der Waals surface area (Å²) in [6.45, 7) is 12.4. The number of imidazole rings is 1. The number of aromatic nitrogens is 2. The minimum Gasteiger partial charge on any atom is -0.380 e. The minimum atomic E-state index is -0.942. The number of nitrogens with one attached hydrogen (secondary N) is 4. The maximum Gasteiger partial charge on any atom is 0.317 e. The highest BCUT2D eigenvalue weighted by atomic mass is 35.5. The third-order valence-corrected chi connectivity index (χ3v) is 10.4. The maximum atomic E-state index is 14.1. The van der Waals surface area contributed by atoms with Crippen molar-refractivity contribution in [3.05, 3.63) is 64.4 Å². The number of ether oxygens (including phenoxy) is 1. The van der Waals surface area contributed by atoms with Gasteiger partial charge in [0.1, 0.15) is 11.9 Å². The van der Waals surface area contributed by atoms with Gasteiger partial charge in [0.05, 0.1) is 29.1 Å². The van der Waals surface area contributed by atoms with Gasteiger partial charge in [0.25, 0.3) is 0 Å². The zero-order valence-corrected chi connectivity index (χ0v) is 29.0. The second-order valence-corrected chi connectivity index (χ2v) is 13.6. The molecule has 2 aromatic carbocycles. The van der Waals surface area contributed by atoms with Crippen LogP contribution in [0.15, 0.2) is 42.5 Å². The van der Waals surface area contributed by atoms with Crippen LogP contribution in [0.3, 0.4) is 0 Å². The lowest BCUT2D eigenvalue weighted by Gasteiger charge is -2.36. The largest absolute Gasteiger partial charge is 0.380 e. The van der Waals surface area contributed by atoms with E-state index in [-0.39, 0.29) is 42.2 Å². The van der Waals surface area contributed by atoms with Gasteiger partial charge in [-0.05, 0) is 81.2 Å². The fourth-order valence-electron chi connectivity index (χ4n) is 7.04. The first-order valence-electron chi connectivity index (χ1n) is 17.1. The van der Waals surface area contributed by atoms with Gasteiger partial charge in [-0.1, -0.05) is 56.1 Å². The molecule has 10 nitrogen and oxygen atoms in total. The third-order valence-electron chi connectivity index (χ3n) is 10.0. The number of halogens is 1. The fraction of sp³-hybridized carbons (Fsp3) is 0.556. The van der Waals surface area contributed by atoms with E-state index in [2.05, 4.69) is 34.8 Å². The number of H-pyrrole nitrogens is 1. The fourth-order valence-corrected chi connectivity index (χ4v) is 7.31. The molecule has 1 unspecified atom stereocenters. The summed E-state index contributed by atoms with van der Waals surface area (Å²) in [5.74, 6) is 0.347. The van der Waals surface area contributed by atoms with E-state index in [1.165, 1.54) is 0 Å². The Hall–Kier alpha value is -3.63. The van der Waals surface area contributed by atoms with E-state index in [0.717, 1.165) is 41.4 Å². The summed E-state index contributed by atoms with van der Waals surface area (Å²) in [5.41, 5.74) is 2.26. The predicted molar refractivity (Wildman–Crippen MR) is 184 cm³/mol. The summed E-state index contributed by atoms with van der Waals surface area (Å²) < 4.78 is 5.84. The summed E-state index contributed by atoms with van der Waals surface area (Å²) in [6.07, 6.45) is 3.41. The van der Waals surface area contributed by atoms with Crippen LogP contribution in [0.25, 0.3) is 11.0 Å². The number of nitrogens with zero attached hydrogens (tertiary/aromatic N) is 2. The van der Waals surface area contributed by atoms with Crippen LogP contribution in [0.4, 0.5) is 4.79 Å². The zero-order valence-electron chi connectivity index (χ0n) is 28.2. The molecule has 3 aromatic rings. The molecule has 1 aromatic heterocycles. The van der Waals surface area contributed by atoms with Crippen molar-refractivity contribution in [3.63, 3.8) is 0 Å². The monoisotopic (exact) mass is 664 g/mol. The predicted octanol–water partition coefficient (Wildman–Crippen LogP) is 5.83. The van der Waals surface area contributed by atoms with Crippen molar-refractivity contribution in [3.8, 4) is 0 Å². The molecule has 0 bridgehead atoms. The molecule has 47 heavy (non-hydrogen) atoms. The molecule has 2 heterocycles. The Morgan fingerprint density at radius 1 is 1.09 bits per heavy atom. The number of likely N-dealkylation sites (N-methyl/N-ethyl adjacent to an activating group) is 1. The zero-order chi connectivity index (χ0) is 33.7.